The molecule has 1 heterocycles. The minimum Gasteiger partial charge on any atom is -0.395 e. The van der Waals surface area contributed by atoms with E-state index in [4.69, 9.17) is 5.11 Å². The highest BCUT2D eigenvalue weighted by Gasteiger charge is 2.07. The Morgan fingerprint density at radius 2 is 2.15 bits per heavy atom. The first-order valence-corrected chi connectivity index (χ1v) is 6.94. The Morgan fingerprint density at radius 3 is 2.75 bits per heavy atom. The Bertz CT molecular complexity index is 651. The van der Waals surface area contributed by atoms with Crippen molar-refractivity contribution < 1.29 is 9.90 Å². The SMILES string of the molecule is Cc1cnc(NC(=O)c2ccc(C#CCCO)cc2)s1. The van der Waals surface area contributed by atoms with Gasteiger partial charge in [-0.25, -0.2) is 4.98 Å². The third-order valence-electron chi connectivity index (χ3n) is 2.46. The average molecular weight is 286 g/mol. The second-order valence-electron chi connectivity index (χ2n) is 4.08. The van der Waals surface area contributed by atoms with Crippen LogP contribution < -0.4 is 5.32 Å². The first-order chi connectivity index (χ1) is 9.69. The van der Waals surface area contributed by atoms with E-state index in [0.717, 1.165) is 10.4 Å². The van der Waals surface area contributed by atoms with Gasteiger partial charge in [0.2, 0.25) is 0 Å². The van der Waals surface area contributed by atoms with Crippen LogP contribution in [0.1, 0.15) is 27.2 Å². The molecule has 102 valence electrons. The summed E-state index contributed by atoms with van der Waals surface area (Å²) in [4.78, 5) is 17.1. The van der Waals surface area contributed by atoms with Crippen molar-refractivity contribution in [3.63, 3.8) is 0 Å². The van der Waals surface area contributed by atoms with Crippen LogP contribution in [0.25, 0.3) is 0 Å². The van der Waals surface area contributed by atoms with Crippen molar-refractivity contribution in [3.05, 3.63) is 46.5 Å². The summed E-state index contributed by atoms with van der Waals surface area (Å²) in [7, 11) is 0. The molecule has 0 saturated heterocycles. The number of nitrogens with zero attached hydrogens (tertiary/aromatic N) is 1. The molecular formula is C15H14N2O2S. The van der Waals surface area contributed by atoms with Crippen molar-refractivity contribution in [1.82, 2.24) is 4.98 Å². The van der Waals surface area contributed by atoms with Gasteiger partial charge >= 0.3 is 0 Å². The van der Waals surface area contributed by atoms with Gasteiger partial charge < -0.3 is 5.11 Å². The van der Waals surface area contributed by atoms with Crippen LogP contribution in [0.15, 0.2) is 30.5 Å². The highest BCUT2D eigenvalue weighted by molar-refractivity contribution is 7.15. The lowest BCUT2D eigenvalue weighted by atomic mass is 10.1. The molecule has 0 spiro atoms. The number of hydrogen-bond donors (Lipinski definition) is 2. The van der Waals surface area contributed by atoms with Gasteiger partial charge in [0.1, 0.15) is 0 Å². The van der Waals surface area contributed by atoms with Gasteiger partial charge in [0.15, 0.2) is 5.13 Å². The van der Waals surface area contributed by atoms with Crippen LogP contribution in [0.3, 0.4) is 0 Å². The second kappa shape index (κ2) is 6.85. The summed E-state index contributed by atoms with van der Waals surface area (Å²) < 4.78 is 0. The zero-order valence-electron chi connectivity index (χ0n) is 11.0. The zero-order chi connectivity index (χ0) is 14.4. The summed E-state index contributed by atoms with van der Waals surface area (Å²) >= 11 is 1.44. The van der Waals surface area contributed by atoms with Crippen LogP contribution in [0.2, 0.25) is 0 Å². The topological polar surface area (TPSA) is 62.2 Å². The molecule has 1 aromatic heterocycles. The highest BCUT2D eigenvalue weighted by Crippen LogP contribution is 2.17. The lowest BCUT2D eigenvalue weighted by Gasteiger charge is -2.01. The lowest BCUT2D eigenvalue weighted by molar-refractivity contribution is 0.102. The van der Waals surface area contributed by atoms with E-state index in [1.807, 2.05) is 6.92 Å². The van der Waals surface area contributed by atoms with E-state index < -0.39 is 0 Å². The average Bonchev–Trinajstić information content (AvgIpc) is 2.85. The predicted octanol–water partition coefficient (Wildman–Crippen LogP) is 2.44. The van der Waals surface area contributed by atoms with Crippen molar-refractivity contribution in [2.75, 3.05) is 11.9 Å². The molecule has 0 fully saturated rings. The number of carbonyl (C=O) groups is 1. The Kier molecular flexibility index (Phi) is 4.88. The second-order valence-corrected chi connectivity index (χ2v) is 5.32. The number of aliphatic hydroxyl groups is 1. The first kappa shape index (κ1) is 14.3. The third-order valence-corrected chi connectivity index (χ3v) is 3.29. The summed E-state index contributed by atoms with van der Waals surface area (Å²) in [5, 5.41) is 12.0. The third kappa shape index (κ3) is 3.92. The van der Waals surface area contributed by atoms with Gasteiger partial charge in [-0.1, -0.05) is 11.8 Å². The number of aliphatic hydroxyl groups excluding tert-OH is 1. The molecular weight excluding hydrogens is 272 g/mol. The van der Waals surface area contributed by atoms with Gasteiger partial charge in [-0.2, -0.15) is 0 Å². The zero-order valence-corrected chi connectivity index (χ0v) is 11.8. The number of benzene rings is 1. The van der Waals surface area contributed by atoms with Gasteiger partial charge in [0, 0.05) is 28.6 Å². The van der Waals surface area contributed by atoms with Crippen LogP contribution in [-0.2, 0) is 0 Å². The molecule has 0 atom stereocenters. The van der Waals surface area contributed by atoms with Crippen molar-refractivity contribution in [2.45, 2.75) is 13.3 Å². The highest BCUT2D eigenvalue weighted by atomic mass is 32.1. The van der Waals surface area contributed by atoms with E-state index in [0.29, 0.717) is 17.1 Å². The fourth-order valence-electron chi connectivity index (χ4n) is 1.51. The molecule has 0 aliphatic heterocycles. The predicted molar refractivity (Wildman–Crippen MR) is 79.8 cm³/mol. The molecule has 0 radical (unpaired) electrons. The maximum Gasteiger partial charge on any atom is 0.257 e. The van der Waals surface area contributed by atoms with Gasteiger partial charge in [-0.15, -0.1) is 11.3 Å². The molecule has 1 amide bonds. The molecule has 2 rings (SSSR count). The molecule has 0 aliphatic rings. The molecule has 0 unspecified atom stereocenters. The smallest absolute Gasteiger partial charge is 0.257 e. The standard InChI is InChI=1S/C15H14N2O2S/c1-11-10-16-15(20-11)17-14(19)13-7-5-12(6-8-13)4-2-3-9-18/h5-8,10,18H,3,9H2,1H3,(H,16,17,19). The molecule has 0 aliphatic carbocycles. The van der Waals surface area contributed by atoms with Gasteiger partial charge in [0.25, 0.3) is 5.91 Å². The Labute approximate surface area is 121 Å². The number of aryl methyl sites for hydroxylation is 1. The monoisotopic (exact) mass is 286 g/mol. The maximum atomic E-state index is 12.0. The Hall–Kier alpha value is -2.16. The van der Waals surface area contributed by atoms with Crippen molar-refractivity contribution in [2.24, 2.45) is 0 Å². The number of rotatable bonds is 3. The van der Waals surface area contributed by atoms with E-state index in [1.54, 1.807) is 30.5 Å². The van der Waals surface area contributed by atoms with E-state index in [-0.39, 0.29) is 12.5 Å². The van der Waals surface area contributed by atoms with Crippen LogP contribution in [-0.4, -0.2) is 22.6 Å². The summed E-state index contributed by atoms with van der Waals surface area (Å²) in [6.07, 6.45) is 2.17. The number of amides is 1. The number of anilines is 1. The molecule has 0 bridgehead atoms. The van der Waals surface area contributed by atoms with Gasteiger partial charge in [0.05, 0.1) is 6.61 Å². The molecule has 1 aromatic carbocycles. The van der Waals surface area contributed by atoms with E-state index in [1.165, 1.54) is 11.3 Å². The minimum absolute atomic E-state index is 0.0563. The van der Waals surface area contributed by atoms with E-state index in [9.17, 15) is 4.79 Å². The molecule has 5 heteroatoms. The van der Waals surface area contributed by atoms with Crippen LogP contribution in [0, 0.1) is 18.8 Å². The summed E-state index contributed by atoms with van der Waals surface area (Å²) in [5.74, 6) is 5.56. The van der Waals surface area contributed by atoms with Gasteiger partial charge in [-0.3, -0.25) is 10.1 Å². The first-order valence-electron chi connectivity index (χ1n) is 6.12. The van der Waals surface area contributed by atoms with Crippen molar-refractivity contribution >= 4 is 22.4 Å². The van der Waals surface area contributed by atoms with E-state index in [2.05, 4.69) is 22.1 Å². The number of thiazole rings is 1. The fraction of sp³-hybridized carbons (Fsp3) is 0.200. The quantitative estimate of drug-likeness (QED) is 0.852. The Balaban J connectivity index is 2.02. The summed E-state index contributed by atoms with van der Waals surface area (Å²) in [5.41, 5.74) is 1.38. The van der Waals surface area contributed by atoms with Crippen LogP contribution in [0.5, 0.6) is 0 Å². The normalized spacial score (nSPS) is 9.70. The largest absolute Gasteiger partial charge is 0.395 e. The number of carbonyl (C=O) groups excluding carboxylic acids is 1. The van der Waals surface area contributed by atoms with Crippen LogP contribution in [0.4, 0.5) is 5.13 Å². The maximum absolute atomic E-state index is 12.0. The minimum atomic E-state index is -0.186. The van der Waals surface area contributed by atoms with E-state index >= 15 is 0 Å². The fourth-order valence-corrected chi connectivity index (χ4v) is 2.17. The Morgan fingerprint density at radius 1 is 1.40 bits per heavy atom. The molecule has 2 N–H and O–H groups in total. The molecule has 2 aromatic rings. The van der Waals surface area contributed by atoms with Crippen molar-refractivity contribution in [3.8, 4) is 11.8 Å². The summed E-state index contributed by atoms with van der Waals surface area (Å²) in [6, 6.07) is 7.01. The molecule has 20 heavy (non-hydrogen) atoms. The number of aromatic nitrogens is 1. The lowest BCUT2D eigenvalue weighted by Crippen LogP contribution is -2.11. The van der Waals surface area contributed by atoms with Crippen LogP contribution >= 0.6 is 11.3 Å². The van der Waals surface area contributed by atoms with Crippen molar-refractivity contribution in [1.29, 1.82) is 0 Å². The van der Waals surface area contributed by atoms with Gasteiger partial charge in [-0.05, 0) is 31.2 Å². The summed E-state index contributed by atoms with van der Waals surface area (Å²) in [6.45, 7) is 1.99. The number of nitrogens with one attached hydrogen (secondary N) is 1. The molecule has 0 saturated carbocycles. The number of hydrogen-bond acceptors (Lipinski definition) is 4. The molecule has 4 nitrogen and oxygen atoms in total.